The van der Waals surface area contributed by atoms with E-state index in [1.54, 1.807) is 0 Å². The van der Waals surface area contributed by atoms with Gasteiger partial charge in [0.25, 0.3) is 0 Å². The Bertz CT molecular complexity index is 1140. The van der Waals surface area contributed by atoms with E-state index in [2.05, 4.69) is 4.72 Å². The van der Waals surface area contributed by atoms with Gasteiger partial charge in [-0.25, -0.2) is 21.6 Å². The SMILES string of the molecule is CS(=O)(=O)NC[C@@H](O)COc1ccc(S(=O)(=O)c2cc(Cl)c(OC[C@@H](O)CCl)c(Cl)c2)cc1. The van der Waals surface area contributed by atoms with Crippen LogP contribution in [0.15, 0.2) is 46.2 Å². The number of benzene rings is 2. The number of hydrogen-bond acceptors (Lipinski definition) is 8. The second-order valence-electron chi connectivity index (χ2n) is 6.90. The fraction of sp³-hybridized carbons (Fsp3) is 0.368. The van der Waals surface area contributed by atoms with Crippen molar-refractivity contribution in [1.29, 1.82) is 0 Å². The molecule has 0 aromatic heterocycles. The smallest absolute Gasteiger partial charge is 0.208 e. The van der Waals surface area contributed by atoms with E-state index in [0.717, 1.165) is 6.26 Å². The van der Waals surface area contributed by atoms with E-state index < -0.39 is 32.1 Å². The first kappa shape index (κ1) is 27.9. The molecule has 184 valence electrons. The van der Waals surface area contributed by atoms with Crippen LogP contribution in [0.25, 0.3) is 0 Å². The lowest BCUT2D eigenvalue weighted by Crippen LogP contribution is -2.34. The van der Waals surface area contributed by atoms with Crippen LogP contribution in [-0.2, 0) is 19.9 Å². The third-order valence-corrected chi connectivity index (χ3v) is 7.40. The summed E-state index contributed by atoms with van der Waals surface area (Å²) in [7, 11) is -7.43. The van der Waals surface area contributed by atoms with Gasteiger partial charge in [0.2, 0.25) is 19.9 Å². The molecule has 2 aromatic rings. The molecule has 33 heavy (non-hydrogen) atoms. The van der Waals surface area contributed by atoms with Crippen molar-refractivity contribution in [3.8, 4) is 11.5 Å². The molecule has 0 aliphatic heterocycles. The molecule has 0 saturated carbocycles. The molecular formula is C19H22Cl3NO8S2. The van der Waals surface area contributed by atoms with Crippen LogP contribution in [0.5, 0.6) is 11.5 Å². The van der Waals surface area contributed by atoms with Crippen LogP contribution >= 0.6 is 34.8 Å². The van der Waals surface area contributed by atoms with Gasteiger partial charge in [-0.2, -0.15) is 0 Å². The van der Waals surface area contributed by atoms with Gasteiger partial charge in [-0.15, -0.1) is 11.6 Å². The number of sulfonamides is 1. The van der Waals surface area contributed by atoms with Crippen molar-refractivity contribution in [1.82, 2.24) is 4.72 Å². The summed E-state index contributed by atoms with van der Waals surface area (Å²) in [5.74, 6) is 0.233. The third kappa shape index (κ3) is 8.45. The van der Waals surface area contributed by atoms with E-state index in [1.807, 2.05) is 0 Å². The highest BCUT2D eigenvalue weighted by atomic mass is 35.5. The monoisotopic (exact) mass is 561 g/mol. The zero-order chi connectivity index (χ0) is 24.8. The maximum Gasteiger partial charge on any atom is 0.208 e. The number of halogens is 3. The molecule has 0 heterocycles. The van der Waals surface area contributed by atoms with Crippen molar-refractivity contribution >= 4 is 54.7 Å². The highest BCUT2D eigenvalue weighted by molar-refractivity contribution is 7.91. The number of aliphatic hydroxyl groups is 2. The Morgan fingerprint density at radius 3 is 1.97 bits per heavy atom. The van der Waals surface area contributed by atoms with Crippen LogP contribution in [0.4, 0.5) is 0 Å². The van der Waals surface area contributed by atoms with Crippen LogP contribution in [0, 0.1) is 0 Å². The molecule has 0 saturated heterocycles. The molecule has 9 nitrogen and oxygen atoms in total. The lowest BCUT2D eigenvalue weighted by Gasteiger charge is -2.14. The van der Waals surface area contributed by atoms with E-state index >= 15 is 0 Å². The first-order valence-corrected chi connectivity index (χ1v) is 14.0. The second-order valence-corrected chi connectivity index (χ2v) is 11.8. The molecule has 14 heteroatoms. The Morgan fingerprint density at radius 2 is 1.45 bits per heavy atom. The van der Waals surface area contributed by atoms with Crippen molar-refractivity contribution in [3.05, 3.63) is 46.4 Å². The summed E-state index contributed by atoms with van der Waals surface area (Å²) in [6.07, 6.45) is -1.08. The van der Waals surface area contributed by atoms with Crippen LogP contribution in [0.2, 0.25) is 10.0 Å². The van der Waals surface area contributed by atoms with E-state index in [-0.39, 0.29) is 57.0 Å². The fourth-order valence-corrected chi connectivity index (χ4v) is 5.03. The minimum Gasteiger partial charge on any atom is -0.491 e. The van der Waals surface area contributed by atoms with Crippen molar-refractivity contribution < 1.29 is 36.5 Å². The summed E-state index contributed by atoms with van der Waals surface area (Å²) in [5, 5.41) is 19.1. The van der Waals surface area contributed by atoms with Crippen molar-refractivity contribution in [2.45, 2.75) is 22.0 Å². The minimum atomic E-state index is -3.99. The molecule has 2 aromatic carbocycles. The molecule has 0 amide bonds. The Hall–Kier alpha value is -1.31. The number of alkyl halides is 1. The number of nitrogens with one attached hydrogen (secondary N) is 1. The molecule has 2 atom stereocenters. The average molecular weight is 563 g/mol. The third-order valence-electron chi connectivity index (χ3n) is 4.04. The number of rotatable bonds is 12. The van der Waals surface area contributed by atoms with Crippen LogP contribution in [0.3, 0.4) is 0 Å². The van der Waals surface area contributed by atoms with Crippen molar-refractivity contribution in [3.63, 3.8) is 0 Å². The zero-order valence-corrected chi connectivity index (χ0v) is 21.1. The number of ether oxygens (including phenoxy) is 2. The van der Waals surface area contributed by atoms with E-state index in [4.69, 9.17) is 44.3 Å². The summed E-state index contributed by atoms with van der Waals surface area (Å²) >= 11 is 17.8. The van der Waals surface area contributed by atoms with Crippen LogP contribution < -0.4 is 14.2 Å². The number of aliphatic hydroxyl groups excluding tert-OH is 2. The Balaban J connectivity index is 2.11. The number of sulfone groups is 1. The maximum atomic E-state index is 13.0. The lowest BCUT2D eigenvalue weighted by molar-refractivity contribution is 0.111. The van der Waals surface area contributed by atoms with E-state index in [9.17, 15) is 27.0 Å². The van der Waals surface area contributed by atoms with Crippen molar-refractivity contribution in [2.24, 2.45) is 0 Å². The van der Waals surface area contributed by atoms with Gasteiger partial charge < -0.3 is 19.7 Å². The first-order valence-electron chi connectivity index (χ1n) is 9.30. The van der Waals surface area contributed by atoms with Crippen molar-refractivity contribution in [2.75, 3.05) is 31.9 Å². The summed E-state index contributed by atoms with van der Waals surface area (Å²) in [6.45, 7) is -0.605. The molecule has 2 rings (SSSR count). The molecule has 0 aliphatic carbocycles. The first-order chi connectivity index (χ1) is 15.3. The van der Waals surface area contributed by atoms with Crippen LogP contribution in [0.1, 0.15) is 0 Å². The van der Waals surface area contributed by atoms with Gasteiger partial charge in [0.1, 0.15) is 31.2 Å². The molecule has 0 spiro atoms. The lowest BCUT2D eigenvalue weighted by atomic mass is 10.3. The van der Waals surface area contributed by atoms with Gasteiger partial charge in [-0.05, 0) is 36.4 Å². The van der Waals surface area contributed by atoms with E-state index in [1.165, 1.54) is 36.4 Å². The molecule has 0 unspecified atom stereocenters. The molecule has 0 fully saturated rings. The molecule has 0 radical (unpaired) electrons. The summed E-state index contributed by atoms with van der Waals surface area (Å²) in [6, 6.07) is 7.74. The largest absolute Gasteiger partial charge is 0.491 e. The van der Waals surface area contributed by atoms with Gasteiger partial charge in [0.15, 0.2) is 5.75 Å². The second kappa shape index (κ2) is 11.9. The predicted molar refractivity (Wildman–Crippen MR) is 125 cm³/mol. The maximum absolute atomic E-state index is 13.0. The Labute approximate surface area is 207 Å². The zero-order valence-electron chi connectivity index (χ0n) is 17.2. The quantitative estimate of drug-likeness (QED) is 0.334. The minimum absolute atomic E-state index is 0.0223. The topological polar surface area (TPSA) is 139 Å². The summed E-state index contributed by atoms with van der Waals surface area (Å²) in [4.78, 5) is -0.230. The van der Waals surface area contributed by atoms with Gasteiger partial charge in [0.05, 0.1) is 32.0 Å². The van der Waals surface area contributed by atoms with Gasteiger partial charge in [-0.1, -0.05) is 23.2 Å². The van der Waals surface area contributed by atoms with Crippen LogP contribution in [-0.4, -0.2) is 71.2 Å². The standard InChI is InChI=1S/C19H22Cl3NO8S2/c1-32(26,27)23-9-13(25)11-30-14-2-4-15(5-3-14)33(28,29)16-6-17(21)19(18(22)7-16)31-10-12(24)8-20/h2-7,12-13,23-25H,8-11H2,1H3/t12-,13+/m0/s1. The molecular weight excluding hydrogens is 541 g/mol. The predicted octanol–water partition coefficient (Wildman–Crippen LogP) is 2.09. The summed E-state index contributed by atoms with van der Waals surface area (Å²) in [5.41, 5.74) is 0. The van der Waals surface area contributed by atoms with Gasteiger partial charge in [0, 0.05) is 6.54 Å². The Kier molecular flexibility index (Phi) is 10.1. The molecule has 0 bridgehead atoms. The van der Waals surface area contributed by atoms with Gasteiger partial charge >= 0.3 is 0 Å². The number of hydrogen-bond donors (Lipinski definition) is 3. The fourth-order valence-electron chi connectivity index (χ4n) is 2.40. The Morgan fingerprint density at radius 1 is 0.909 bits per heavy atom. The molecule has 3 N–H and O–H groups in total. The summed E-state index contributed by atoms with van der Waals surface area (Å²) < 4.78 is 60.8. The highest BCUT2D eigenvalue weighted by Gasteiger charge is 2.22. The van der Waals surface area contributed by atoms with Gasteiger partial charge in [-0.3, -0.25) is 0 Å². The van der Waals surface area contributed by atoms with E-state index in [0.29, 0.717) is 0 Å². The average Bonchev–Trinajstić information content (AvgIpc) is 2.75. The normalized spacial score (nSPS) is 14.0. The highest BCUT2D eigenvalue weighted by Crippen LogP contribution is 2.37. The molecule has 0 aliphatic rings.